The normalized spacial score (nSPS) is 15.2. The highest BCUT2D eigenvalue weighted by molar-refractivity contribution is 6.21. The number of benzene rings is 10. The lowest BCUT2D eigenvalue weighted by Gasteiger charge is -2.35. The molecule has 3 nitrogen and oxygen atoms in total. The summed E-state index contributed by atoms with van der Waals surface area (Å²) in [4.78, 5) is 2.65. The summed E-state index contributed by atoms with van der Waals surface area (Å²) in [5.41, 5.74) is 29.8. The van der Waals surface area contributed by atoms with Crippen LogP contribution in [0.3, 0.4) is 0 Å². The van der Waals surface area contributed by atoms with Crippen molar-refractivity contribution in [1.82, 2.24) is 0 Å². The van der Waals surface area contributed by atoms with Crippen molar-refractivity contribution in [1.29, 1.82) is 0 Å². The van der Waals surface area contributed by atoms with E-state index in [0.29, 0.717) is 0 Å². The Labute approximate surface area is 603 Å². The van der Waals surface area contributed by atoms with Crippen LogP contribution in [-0.4, -0.2) is 0 Å². The van der Waals surface area contributed by atoms with Crippen LogP contribution in [0.25, 0.3) is 99.2 Å². The molecule has 10 aromatic carbocycles. The molecule has 518 valence electrons. The van der Waals surface area contributed by atoms with Crippen molar-refractivity contribution in [3.05, 3.63) is 220 Å². The summed E-state index contributed by atoms with van der Waals surface area (Å²) in [5.74, 6) is 0. The first-order valence-corrected chi connectivity index (χ1v) is 40.3. The number of nitrogens with zero attached hydrogens (tertiary/aromatic N) is 1. The van der Waals surface area contributed by atoms with Gasteiger partial charge in [0.25, 0.3) is 0 Å². The highest BCUT2D eigenvalue weighted by atomic mass is 16.3. The molecule has 0 amide bonds. The third kappa shape index (κ3) is 11.3. The summed E-state index contributed by atoms with van der Waals surface area (Å²) < 4.78 is 14.2. The molecule has 0 aliphatic heterocycles. The Morgan fingerprint density at radius 2 is 0.733 bits per heavy atom. The van der Waals surface area contributed by atoms with Gasteiger partial charge in [0.05, 0.1) is 0 Å². The Hall–Kier alpha value is -8.14. The van der Waals surface area contributed by atoms with Gasteiger partial charge in [-0.3, -0.25) is 0 Å². The molecule has 16 rings (SSSR count). The van der Waals surface area contributed by atoms with Crippen molar-refractivity contribution in [2.45, 2.75) is 257 Å². The molecule has 2 aromatic heterocycles. The first kappa shape index (κ1) is 67.4. The van der Waals surface area contributed by atoms with E-state index in [1.54, 1.807) is 22.3 Å². The molecule has 0 saturated carbocycles. The molecule has 0 N–H and O–H groups in total. The molecule has 0 atom stereocenters. The van der Waals surface area contributed by atoms with Crippen LogP contribution in [0.4, 0.5) is 17.1 Å². The molecule has 0 fully saturated rings. The predicted octanol–water partition coefficient (Wildman–Crippen LogP) is 30.3. The van der Waals surface area contributed by atoms with Gasteiger partial charge in [-0.15, -0.1) is 0 Å². The van der Waals surface area contributed by atoms with Crippen LogP contribution in [0.15, 0.2) is 185 Å². The summed E-state index contributed by atoms with van der Waals surface area (Å²) in [6.45, 7) is 19.4. The van der Waals surface area contributed by atoms with Crippen molar-refractivity contribution < 1.29 is 8.83 Å². The van der Waals surface area contributed by atoms with Gasteiger partial charge < -0.3 is 13.7 Å². The Balaban J connectivity index is 0.909. The maximum absolute atomic E-state index is 7.24. The third-order valence-electron chi connectivity index (χ3n) is 25.6. The van der Waals surface area contributed by atoms with Gasteiger partial charge in [-0.2, -0.15) is 0 Å². The van der Waals surface area contributed by atoms with E-state index in [-0.39, 0.29) is 21.7 Å². The SMILES string of the molecule is CCCCCCCCC1(CCCCCCCC)c2cc(N(c3ccc4c(c3)C(C)(C)c3c5c(c6c(oc7ccccc76)c3-4)-c3ccccc3C5(C)C)c3ccc4ccccc4c3)ccc2-c2cc3c(cc21)-c1c(ccc2oc4ccccc4c12)C3(CCCCCCCC)CCCCCCCC. The van der Waals surface area contributed by atoms with E-state index < -0.39 is 0 Å². The Morgan fingerprint density at radius 3 is 1.37 bits per heavy atom. The van der Waals surface area contributed by atoms with Gasteiger partial charge in [-0.1, -0.05) is 319 Å². The predicted molar refractivity (Wildman–Crippen MR) is 433 cm³/mol. The minimum atomic E-state index is -0.359. The van der Waals surface area contributed by atoms with Gasteiger partial charge in [-0.25, -0.2) is 0 Å². The Bertz CT molecular complexity index is 5020. The summed E-state index contributed by atoms with van der Waals surface area (Å²) in [5, 5.41) is 7.54. The van der Waals surface area contributed by atoms with Gasteiger partial charge in [-0.05, 0) is 187 Å². The Morgan fingerprint density at radius 1 is 0.287 bits per heavy atom. The van der Waals surface area contributed by atoms with E-state index in [4.69, 9.17) is 8.83 Å². The number of unbranched alkanes of at least 4 members (excludes halogenated alkanes) is 20. The fourth-order valence-electron chi connectivity index (χ4n) is 20.5. The van der Waals surface area contributed by atoms with Crippen LogP contribution in [-0.2, 0) is 21.7 Å². The zero-order chi connectivity index (χ0) is 69.0. The molecule has 2 heterocycles. The van der Waals surface area contributed by atoms with E-state index in [0.717, 1.165) is 35.2 Å². The lowest BCUT2D eigenvalue weighted by molar-refractivity contribution is 0.394. The average Bonchev–Trinajstić information content (AvgIpc) is 1.51. The topological polar surface area (TPSA) is 29.5 Å². The van der Waals surface area contributed by atoms with E-state index >= 15 is 0 Å². The number of para-hydroxylation sites is 2. The standard InChI is InChI=1S/C98H109NO2/c1-9-13-17-21-25-37-57-97(58-38-26-22-18-14-10-2)79-55-56-86-88(74-44-32-35-47-84(74)100-86)87(79)77-65-82-76(64-83(77)97)71-53-51-70(63-81(71)98(82,59-39-27-23-19-15-11-3)60-40-28-24-20-16-12-4)99(68-50-49-66-41-29-30-42-67(66)61-68)69-52-54-73-80(62-69)96(7,8)93-91(73)94-90(75-45-33-36-48-85(75)101-94)89-72-43-31-34-46-78(72)95(5,6)92(89)93/h29-36,41-56,61-65H,9-28,37-40,57-60H2,1-8H3. The quantitative estimate of drug-likeness (QED) is 0.0406. The molecule has 0 saturated heterocycles. The van der Waals surface area contributed by atoms with Crippen molar-refractivity contribution >= 4 is 71.7 Å². The van der Waals surface area contributed by atoms with E-state index in [1.165, 1.54) is 283 Å². The molecule has 0 bridgehead atoms. The Kier molecular flexibility index (Phi) is 18.6. The van der Waals surface area contributed by atoms with E-state index in [2.05, 4.69) is 236 Å². The van der Waals surface area contributed by atoms with Crippen LogP contribution in [0.1, 0.15) is 280 Å². The molecule has 0 unspecified atom stereocenters. The third-order valence-corrected chi connectivity index (χ3v) is 25.6. The summed E-state index contributed by atoms with van der Waals surface area (Å²) in [6, 6.07) is 69.2. The maximum Gasteiger partial charge on any atom is 0.144 e. The van der Waals surface area contributed by atoms with Crippen LogP contribution >= 0.6 is 0 Å². The van der Waals surface area contributed by atoms with Gasteiger partial charge in [0, 0.05) is 65.8 Å². The number of furan rings is 2. The number of hydrogen-bond acceptors (Lipinski definition) is 3. The van der Waals surface area contributed by atoms with Crippen LogP contribution < -0.4 is 4.90 Å². The lowest BCUT2D eigenvalue weighted by atomic mass is 9.68. The molecule has 3 heteroatoms. The average molecular weight is 1330 g/mol. The summed E-state index contributed by atoms with van der Waals surface area (Å²) in [6.07, 6.45) is 35.6. The highest BCUT2D eigenvalue weighted by Crippen LogP contribution is 2.66. The molecular formula is C98H109NO2. The van der Waals surface area contributed by atoms with Gasteiger partial charge in [0.2, 0.25) is 0 Å². The highest BCUT2D eigenvalue weighted by Gasteiger charge is 2.51. The second-order valence-electron chi connectivity index (χ2n) is 32.6. The number of rotatable bonds is 31. The van der Waals surface area contributed by atoms with Crippen molar-refractivity contribution in [2.24, 2.45) is 0 Å². The molecule has 4 aliphatic carbocycles. The first-order valence-electron chi connectivity index (χ1n) is 40.3. The van der Waals surface area contributed by atoms with E-state index in [9.17, 15) is 0 Å². The minimum Gasteiger partial charge on any atom is -0.456 e. The first-order chi connectivity index (χ1) is 49.5. The van der Waals surface area contributed by atoms with Crippen LogP contribution in [0.5, 0.6) is 0 Å². The molecular weight excluding hydrogens is 1220 g/mol. The summed E-state index contributed by atoms with van der Waals surface area (Å²) >= 11 is 0. The van der Waals surface area contributed by atoms with E-state index in [1.807, 2.05) is 0 Å². The lowest BCUT2D eigenvalue weighted by Crippen LogP contribution is -2.27. The smallest absolute Gasteiger partial charge is 0.144 e. The van der Waals surface area contributed by atoms with Gasteiger partial charge >= 0.3 is 0 Å². The van der Waals surface area contributed by atoms with Crippen molar-refractivity contribution in [3.8, 4) is 44.5 Å². The molecule has 4 aliphatic rings. The van der Waals surface area contributed by atoms with Gasteiger partial charge in [0.1, 0.15) is 22.3 Å². The molecule has 101 heavy (non-hydrogen) atoms. The maximum atomic E-state index is 7.24. The number of fused-ring (bicyclic) bond motifs is 23. The fraction of sp³-hybridized carbons (Fsp3) is 0.408. The van der Waals surface area contributed by atoms with Crippen LogP contribution in [0, 0.1) is 0 Å². The second kappa shape index (κ2) is 27.9. The zero-order valence-corrected chi connectivity index (χ0v) is 62.3. The second-order valence-corrected chi connectivity index (χ2v) is 32.6. The van der Waals surface area contributed by atoms with Crippen LogP contribution in [0.2, 0.25) is 0 Å². The molecule has 0 spiro atoms. The fourth-order valence-corrected chi connectivity index (χ4v) is 20.5. The van der Waals surface area contributed by atoms with Gasteiger partial charge in [0.15, 0.2) is 0 Å². The van der Waals surface area contributed by atoms with Crippen molar-refractivity contribution in [2.75, 3.05) is 4.90 Å². The summed E-state index contributed by atoms with van der Waals surface area (Å²) in [7, 11) is 0. The molecule has 0 radical (unpaired) electrons. The largest absolute Gasteiger partial charge is 0.456 e. The number of anilines is 3. The zero-order valence-electron chi connectivity index (χ0n) is 62.3. The monoisotopic (exact) mass is 1330 g/mol. The molecule has 12 aromatic rings. The minimum absolute atomic E-state index is 0.102. The van der Waals surface area contributed by atoms with Crippen molar-refractivity contribution in [3.63, 3.8) is 0 Å². The number of hydrogen-bond donors (Lipinski definition) is 0.